The van der Waals surface area contributed by atoms with Crippen molar-refractivity contribution in [1.82, 2.24) is 5.43 Å². The van der Waals surface area contributed by atoms with Crippen LogP contribution in [-0.4, -0.2) is 37.8 Å². The Bertz CT molecular complexity index is 234. The van der Waals surface area contributed by atoms with Crippen LogP contribution in [-0.2, 0) is 4.74 Å². The molecular weight excluding hydrogens is 273 g/mol. The summed E-state index contributed by atoms with van der Waals surface area (Å²) in [6.45, 7) is -2.19. The first-order valence-corrected chi connectivity index (χ1v) is 4.85. The van der Waals surface area contributed by atoms with Gasteiger partial charge in [0.25, 0.3) is 0 Å². The molecule has 0 amide bonds. The van der Waals surface area contributed by atoms with Gasteiger partial charge in [-0.2, -0.15) is 22.0 Å². The zero-order valence-corrected chi connectivity index (χ0v) is 9.11. The average Bonchev–Trinajstić information content (AvgIpc) is 2.21. The SMILES string of the molecule is NNC(CCC(F)(F)F)COCC(F)(F)C(F)F. The van der Waals surface area contributed by atoms with Crippen LogP contribution in [0.2, 0.25) is 0 Å². The molecule has 0 bridgehead atoms. The van der Waals surface area contributed by atoms with Gasteiger partial charge < -0.3 is 4.74 Å². The van der Waals surface area contributed by atoms with Crippen LogP contribution in [0.15, 0.2) is 0 Å². The Balaban J connectivity index is 3.95. The van der Waals surface area contributed by atoms with E-state index < -0.39 is 50.6 Å². The highest BCUT2D eigenvalue weighted by Crippen LogP contribution is 2.24. The van der Waals surface area contributed by atoms with Gasteiger partial charge in [0, 0.05) is 12.5 Å². The zero-order valence-electron chi connectivity index (χ0n) is 9.11. The van der Waals surface area contributed by atoms with Crippen LogP contribution in [0.3, 0.4) is 0 Å². The first-order valence-electron chi connectivity index (χ1n) is 4.85. The maximum Gasteiger partial charge on any atom is 0.389 e. The summed E-state index contributed by atoms with van der Waals surface area (Å²) in [5.74, 6) is 0.549. The minimum Gasteiger partial charge on any atom is -0.373 e. The first-order chi connectivity index (χ1) is 8.08. The molecule has 0 radical (unpaired) electrons. The van der Waals surface area contributed by atoms with Crippen LogP contribution in [0, 0.1) is 0 Å². The van der Waals surface area contributed by atoms with Gasteiger partial charge in [-0.3, -0.25) is 11.3 Å². The predicted molar refractivity (Wildman–Crippen MR) is 48.2 cm³/mol. The summed E-state index contributed by atoms with van der Waals surface area (Å²) < 4.78 is 87.9. The summed E-state index contributed by atoms with van der Waals surface area (Å²) in [6.07, 6.45) is -9.99. The number of alkyl halides is 7. The van der Waals surface area contributed by atoms with Gasteiger partial charge in [0.1, 0.15) is 6.61 Å². The number of hydrazine groups is 1. The molecule has 0 aromatic heterocycles. The maximum absolute atomic E-state index is 12.4. The van der Waals surface area contributed by atoms with Crippen molar-refractivity contribution in [3.05, 3.63) is 0 Å². The summed E-state index contributed by atoms with van der Waals surface area (Å²) in [5, 5.41) is 0. The predicted octanol–water partition coefficient (Wildman–Crippen LogP) is 2.08. The molecule has 0 fully saturated rings. The number of hydrogen-bond acceptors (Lipinski definition) is 3. The van der Waals surface area contributed by atoms with Gasteiger partial charge in [0.05, 0.1) is 6.61 Å². The number of hydrogen-bond donors (Lipinski definition) is 2. The molecule has 0 aromatic rings. The average molecular weight is 286 g/mol. The smallest absolute Gasteiger partial charge is 0.373 e. The molecule has 18 heavy (non-hydrogen) atoms. The molecule has 0 saturated heterocycles. The fraction of sp³-hybridized carbons (Fsp3) is 1.00. The van der Waals surface area contributed by atoms with Gasteiger partial charge in [-0.05, 0) is 6.42 Å². The van der Waals surface area contributed by atoms with Crippen molar-refractivity contribution in [1.29, 1.82) is 0 Å². The van der Waals surface area contributed by atoms with Crippen LogP contribution >= 0.6 is 0 Å². The minimum atomic E-state index is -4.41. The highest BCUT2D eigenvalue weighted by atomic mass is 19.4. The van der Waals surface area contributed by atoms with Crippen molar-refractivity contribution in [2.75, 3.05) is 13.2 Å². The molecule has 0 saturated carbocycles. The number of nitrogens with two attached hydrogens (primary N) is 1. The molecule has 0 spiro atoms. The molecule has 1 atom stereocenters. The van der Waals surface area contributed by atoms with E-state index in [9.17, 15) is 30.7 Å². The topological polar surface area (TPSA) is 47.3 Å². The lowest BCUT2D eigenvalue weighted by molar-refractivity contribution is -0.168. The van der Waals surface area contributed by atoms with Crippen molar-refractivity contribution in [3.8, 4) is 0 Å². The molecular formula is C8H13F7N2O. The molecule has 3 nitrogen and oxygen atoms in total. The van der Waals surface area contributed by atoms with Crippen LogP contribution in [0.4, 0.5) is 30.7 Å². The van der Waals surface area contributed by atoms with Crippen LogP contribution in [0.5, 0.6) is 0 Å². The lowest BCUT2D eigenvalue weighted by Gasteiger charge is -2.19. The second kappa shape index (κ2) is 7.10. The largest absolute Gasteiger partial charge is 0.389 e. The molecule has 0 aliphatic carbocycles. The van der Waals surface area contributed by atoms with Gasteiger partial charge >= 0.3 is 18.5 Å². The van der Waals surface area contributed by atoms with E-state index in [1.165, 1.54) is 0 Å². The van der Waals surface area contributed by atoms with E-state index in [2.05, 4.69) is 4.74 Å². The monoisotopic (exact) mass is 286 g/mol. The molecule has 110 valence electrons. The third-order valence-corrected chi connectivity index (χ3v) is 1.94. The Labute approximate surface area is 98.4 Å². The number of nitrogens with one attached hydrogen (secondary N) is 1. The Morgan fingerprint density at radius 3 is 2.06 bits per heavy atom. The molecule has 0 heterocycles. The van der Waals surface area contributed by atoms with E-state index in [1.54, 1.807) is 0 Å². The fourth-order valence-corrected chi connectivity index (χ4v) is 0.953. The van der Waals surface area contributed by atoms with Crippen LogP contribution < -0.4 is 11.3 Å². The first kappa shape index (κ1) is 17.4. The van der Waals surface area contributed by atoms with E-state index in [1.807, 2.05) is 5.43 Å². The molecule has 0 aromatic carbocycles. The zero-order chi connectivity index (χ0) is 14.4. The summed E-state index contributed by atoms with van der Waals surface area (Å²) >= 11 is 0. The molecule has 0 rings (SSSR count). The normalized spacial score (nSPS) is 15.2. The third-order valence-electron chi connectivity index (χ3n) is 1.94. The van der Waals surface area contributed by atoms with Crippen molar-refractivity contribution >= 4 is 0 Å². The highest BCUT2D eigenvalue weighted by Gasteiger charge is 2.41. The maximum atomic E-state index is 12.4. The van der Waals surface area contributed by atoms with Crippen LogP contribution in [0.1, 0.15) is 12.8 Å². The van der Waals surface area contributed by atoms with E-state index in [0.29, 0.717) is 0 Å². The lowest BCUT2D eigenvalue weighted by atomic mass is 10.2. The van der Waals surface area contributed by atoms with E-state index in [-0.39, 0.29) is 0 Å². The summed E-state index contributed by atoms with van der Waals surface area (Å²) in [4.78, 5) is 0. The van der Waals surface area contributed by atoms with E-state index >= 15 is 0 Å². The van der Waals surface area contributed by atoms with Crippen molar-refractivity contribution in [2.24, 2.45) is 5.84 Å². The lowest BCUT2D eigenvalue weighted by Crippen LogP contribution is -2.41. The Kier molecular flexibility index (Phi) is 6.86. The summed E-state index contributed by atoms with van der Waals surface area (Å²) in [5.41, 5.74) is 1.93. The Morgan fingerprint density at radius 2 is 1.67 bits per heavy atom. The van der Waals surface area contributed by atoms with Gasteiger partial charge in [-0.1, -0.05) is 0 Å². The van der Waals surface area contributed by atoms with Crippen LogP contribution in [0.25, 0.3) is 0 Å². The minimum absolute atomic E-state index is 0.500. The quantitative estimate of drug-likeness (QED) is 0.408. The molecule has 10 heteroatoms. The number of ether oxygens (including phenoxy) is 1. The summed E-state index contributed by atoms with van der Waals surface area (Å²) in [7, 11) is 0. The van der Waals surface area contributed by atoms with E-state index in [4.69, 9.17) is 5.84 Å². The number of halogens is 7. The number of rotatable bonds is 8. The third kappa shape index (κ3) is 7.67. The van der Waals surface area contributed by atoms with E-state index in [0.717, 1.165) is 0 Å². The Hall–Kier alpha value is -0.610. The van der Waals surface area contributed by atoms with Gasteiger partial charge in [-0.15, -0.1) is 0 Å². The van der Waals surface area contributed by atoms with Gasteiger partial charge in [0.2, 0.25) is 0 Å². The molecule has 3 N–H and O–H groups in total. The van der Waals surface area contributed by atoms with Crippen molar-refractivity contribution in [3.63, 3.8) is 0 Å². The summed E-state index contributed by atoms with van der Waals surface area (Å²) in [6, 6.07) is -1.04. The second-order valence-electron chi connectivity index (χ2n) is 3.59. The fourth-order valence-electron chi connectivity index (χ4n) is 0.953. The van der Waals surface area contributed by atoms with Gasteiger partial charge in [-0.25, -0.2) is 8.78 Å². The Morgan fingerprint density at radius 1 is 1.11 bits per heavy atom. The molecule has 0 aliphatic heterocycles. The molecule has 1 unspecified atom stereocenters. The molecule has 0 aliphatic rings. The second-order valence-corrected chi connectivity index (χ2v) is 3.59. The standard InChI is InChI=1S/C8H13F7N2O/c9-6(10)7(11,12)4-18-3-5(17-16)1-2-8(13,14)15/h5-6,17H,1-4,16H2. The highest BCUT2D eigenvalue weighted by molar-refractivity contribution is 4.70. The van der Waals surface area contributed by atoms with Crippen molar-refractivity contribution in [2.45, 2.75) is 37.4 Å². The van der Waals surface area contributed by atoms with Crippen molar-refractivity contribution < 1.29 is 35.5 Å². The van der Waals surface area contributed by atoms with Gasteiger partial charge in [0.15, 0.2) is 0 Å².